The highest BCUT2D eigenvalue weighted by Gasteiger charge is 2.44. The van der Waals surface area contributed by atoms with Gasteiger partial charge in [0.05, 0.1) is 6.61 Å². The van der Waals surface area contributed by atoms with Gasteiger partial charge in [-0.1, -0.05) is 48.5 Å². The number of hydrogen-bond acceptors (Lipinski definition) is 5. The van der Waals surface area contributed by atoms with Gasteiger partial charge in [0.25, 0.3) is 0 Å². The number of carboxylic acids is 1. The molecule has 1 fully saturated rings. The van der Waals surface area contributed by atoms with Gasteiger partial charge < -0.3 is 25.2 Å². The van der Waals surface area contributed by atoms with E-state index in [4.69, 9.17) is 14.6 Å². The van der Waals surface area contributed by atoms with Gasteiger partial charge >= 0.3 is 12.1 Å². The van der Waals surface area contributed by atoms with Crippen molar-refractivity contribution in [2.75, 3.05) is 19.8 Å². The van der Waals surface area contributed by atoms with Crippen molar-refractivity contribution in [2.24, 2.45) is 0 Å². The Morgan fingerprint density at radius 3 is 2.35 bits per heavy atom. The van der Waals surface area contributed by atoms with Crippen LogP contribution >= 0.6 is 0 Å². The second kappa shape index (κ2) is 10.3. The van der Waals surface area contributed by atoms with E-state index < -0.39 is 17.6 Å². The number of amides is 2. The Hall–Kier alpha value is -3.39. The molecule has 2 amide bonds. The molecule has 0 saturated carbocycles. The predicted molar refractivity (Wildman–Crippen MR) is 125 cm³/mol. The number of ether oxygens (including phenoxy) is 2. The first-order valence-electron chi connectivity index (χ1n) is 11.6. The first kappa shape index (κ1) is 23.8. The van der Waals surface area contributed by atoms with E-state index in [1.54, 1.807) is 0 Å². The standard InChI is InChI=1S/C26H30N2O6/c1-17(7-6-12-23(29)30)27-24(31)26(13-14-33-16-26)28-25(32)34-15-22-20-10-4-2-8-18(20)19-9-3-5-11-21(19)22/h2-5,8-11,17,22H,6-7,12-16H2,1H3,(H,27,31)(H,28,32)(H,29,30). The molecule has 1 saturated heterocycles. The van der Waals surface area contributed by atoms with Crippen LogP contribution in [0.25, 0.3) is 11.1 Å². The van der Waals surface area contributed by atoms with Crippen molar-refractivity contribution in [1.29, 1.82) is 0 Å². The highest BCUT2D eigenvalue weighted by Crippen LogP contribution is 2.44. The molecule has 4 rings (SSSR count). The second-order valence-corrected chi connectivity index (χ2v) is 9.00. The van der Waals surface area contributed by atoms with E-state index in [0.29, 0.717) is 25.9 Å². The number of aliphatic carboxylic acids is 1. The molecule has 3 N–H and O–H groups in total. The third-order valence-corrected chi connectivity index (χ3v) is 6.55. The Morgan fingerprint density at radius 1 is 1.12 bits per heavy atom. The molecule has 180 valence electrons. The monoisotopic (exact) mass is 466 g/mol. The summed E-state index contributed by atoms with van der Waals surface area (Å²) >= 11 is 0. The lowest BCUT2D eigenvalue weighted by molar-refractivity contribution is -0.137. The Kier molecular flexibility index (Phi) is 7.17. The molecule has 0 bridgehead atoms. The number of carboxylic acid groups (broad SMARTS) is 1. The van der Waals surface area contributed by atoms with Crippen LogP contribution in [0, 0.1) is 0 Å². The molecule has 0 radical (unpaired) electrons. The summed E-state index contributed by atoms with van der Waals surface area (Å²) in [5, 5.41) is 14.4. The molecular formula is C26H30N2O6. The van der Waals surface area contributed by atoms with Crippen molar-refractivity contribution in [1.82, 2.24) is 10.6 Å². The molecule has 1 aliphatic carbocycles. The number of carbonyl (C=O) groups is 3. The first-order valence-corrected chi connectivity index (χ1v) is 11.6. The maximum absolute atomic E-state index is 13.0. The molecule has 1 aliphatic heterocycles. The number of carbonyl (C=O) groups excluding carboxylic acids is 2. The zero-order valence-electron chi connectivity index (χ0n) is 19.2. The molecule has 2 aliphatic rings. The Bertz CT molecular complexity index is 1020. The van der Waals surface area contributed by atoms with Crippen LogP contribution in [0.3, 0.4) is 0 Å². The molecule has 2 aromatic carbocycles. The summed E-state index contributed by atoms with van der Waals surface area (Å²) in [7, 11) is 0. The van der Waals surface area contributed by atoms with Crippen LogP contribution in [-0.2, 0) is 19.1 Å². The van der Waals surface area contributed by atoms with Gasteiger partial charge in [-0.05, 0) is 42.0 Å². The van der Waals surface area contributed by atoms with Gasteiger partial charge in [-0.3, -0.25) is 9.59 Å². The van der Waals surface area contributed by atoms with Gasteiger partial charge in [-0.2, -0.15) is 0 Å². The fourth-order valence-electron chi connectivity index (χ4n) is 4.72. The van der Waals surface area contributed by atoms with Crippen LogP contribution in [0.15, 0.2) is 48.5 Å². The molecule has 0 spiro atoms. The largest absolute Gasteiger partial charge is 0.481 e. The second-order valence-electron chi connectivity index (χ2n) is 9.00. The van der Waals surface area contributed by atoms with Crippen molar-refractivity contribution in [3.8, 4) is 11.1 Å². The van der Waals surface area contributed by atoms with Crippen molar-refractivity contribution in [2.45, 2.75) is 50.1 Å². The Balaban J connectivity index is 1.37. The van der Waals surface area contributed by atoms with E-state index >= 15 is 0 Å². The van der Waals surface area contributed by atoms with Crippen molar-refractivity contribution < 1.29 is 29.0 Å². The van der Waals surface area contributed by atoms with Gasteiger partial charge in [-0.25, -0.2) is 4.79 Å². The van der Waals surface area contributed by atoms with Gasteiger partial charge in [0, 0.05) is 31.4 Å². The van der Waals surface area contributed by atoms with Crippen LogP contribution in [0.1, 0.15) is 49.7 Å². The van der Waals surface area contributed by atoms with Crippen LogP contribution in [0.2, 0.25) is 0 Å². The minimum absolute atomic E-state index is 0.0481. The minimum Gasteiger partial charge on any atom is -0.481 e. The molecular weight excluding hydrogens is 436 g/mol. The Labute approximate surface area is 198 Å². The Morgan fingerprint density at radius 2 is 1.76 bits per heavy atom. The third kappa shape index (κ3) is 5.07. The molecule has 0 aromatic heterocycles. The van der Waals surface area contributed by atoms with Crippen LogP contribution in [-0.4, -0.2) is 54.5 Å². The maximum Gasteiger partial charge on any atom is 0.408 e. The normalized spacial score (nSPS) is 19.7. The summed E-state index contributed by atoms with van der Waals surface area (Å²) in [6.45, 7) is 2.38. The van der Waals surface area contributed by atoms with Gasteiger partial charge in [0.15, 0.2) is 0 Å². The van der Waals surface area contributed by atoms with E-state index in [9.17, 15) is 14.4 Å². The lowest BCUT2D eigenvalue weighted by Crippen LogP contribution is -2.60. The summed E-state index contributed by atoms with van der Waals surface area (Å²) in [6, 6.07) is 16.0. The van der Waals surface area contributed by atoms with Crippen LogP contribution in [0.5, 0.6) is 0 Å². The van der Waals surface area contributed by atoms with E-state index in [1.165, 1.54) is 0 Å². The summed E-state index contributed by atoms with van der Waals surface area (Å²) < 4.78 is 11.1. The van der Waals surface area contributed by atoms with E-state index in [1.807, 2.05) is 43.3 Å². The maximum atomic E-state index is 13.0. The van der Waals surface area contributed by atoms with Gasteiger partial charge in [0.1, 0.15) is 12.1 Å². The number of rotatable bonds is 9. The lowest BCUT2D eigenvalue weighted by Gasteiger charge is -2.29. The smallest absolute Gasteiger partial charge is 0.408 e. The molecule has 2 aromatic rings. The summed E-state index contributed by atoms with van der Waals surface area (Å²) in [6.07, 6.45) is 0.707. The number of fused-ring (bicyclic) bond motifs is 3. The highest BCUT2D eigenvalue weighted by atomic mass is 16.6. The summed E-state index contributed by atoms with van der Waals surface area (Å²) in [5.41, 5.74) is 3.31. The van der Waals surface area contributed by atoms with E-state index in [2.05, 4.69) is 22.8 Å². The molecule has 34 heavy (non-hydrogen) atoms. The number of alkyl carbamates (subject to hydrolysis) is 1. The van der Waals surface area contributed by atoms with Crippen molar-refractivity contribution in [3.63, 3.8) is 0 Å². The number of benzene rings is 2. The quantitative estimate of drug-likeness (QED) is 0.522. The number of hydrogen-bond donors (Lipinski definition) is 3. The molecule has 8 heteroatoms. The molecule has 2 unspecified atom stereocenters. The van der Waals surface area contributed by atoms with Crippen molar-refractivity contribution in [3.05, 3.63) is 59.7 Å². The highest BCUT2D eigenvalue weighted by molar-refractivity contribution is 5.90. The fourth-order valence-corrected chi connectivity index (χ4v) is 4.72. The summed E-state index contributed by atoms with van der Waals surface area (Å²) in [5.74, 6) is -1.28. The molecule has 1 heterocycles. The lowest BCUT2D eigenvalue weighted by atomic mass is 9.96. The van der Waals surface area contributed by atoms with Crippen molar-refractivity contribution >= 4 is 18.0 Å². The average Bonchev–Trinajstić information content (AvgIpc) is 3.41. The predicted octanol–water partition coefficient (Wildman–Crippen LogP) is 3.44. The fraction of sp³-hybridized carbons (Fsp3) is 0.423. The topological polar surface area (TPSA) is 114 Å². The minimum atomic E-state index is -1.20. The number of nitrogens with one attached hydrogen (secondary N) is 2. The van der Waals surface area contributed by atoms with Gasteiger partial charge in [0.2, 0.25) is 5.91 Å². The van der Waals surface area contributed by atoms with E-state index in [0.717, 1.165) is 22.3 Å². The zero-order valence-corrected chi connectivity index (χ0v) is 19.2. The van der Waals surface area contributed by atoms with E-state index in [-0.39, 0.29) is 37.5 Å². The first-order chi connectivity index (χ1) is 16.4. The third-order valence-electron chi connectivity index (χ3n) is 6.55. The van der Waals surface area contributed by atoms with Gasteiger partial charge in [-0.15, -0.1) is 0 Å². The summed E-state index contributed by atoms with van der Waals surface area (Å²) in [4.78, 5) is 36.5. The van der Waals surface area contributed by atoms with Crippen LogP contribution in [0.4, 0.5) is 4.79 Å². The SMILES string of the molecule is CC(CCCC(=O)O)NC(=O)C1(NC(=O)OCC2c3ccccc3-c3ccccc32)CCOC1. The molecule has 8 nitrogen and oxygen atoms in total. The average molecular weight is 467 g/mol. The zero-order chi connectivity index (χ0) is 24.1. The molecule has 2 atom stereocenters. The van der Waals surface area contributed by atoms with Crippen LogP contribution < -0.4 is 10.6 Å².